The van der Waals surface area contributed by atoms with Crippen molar-refractivity contribution >= 4 is 17.9 Å². The van der Waals surface area contributed by atoms with Crippen molar-refractivity contribution in [2.24, 2.45) is 0 Å². The fraction of sp³-hybridized carbons (Fsp3) is 0.900. The Morgan fingerprint density at radius 1 is 0.684 bits per heavy atom. The average Bonchev–Trinajstić information content (AvgIpc) is 2.84. The number of likely N-dealkylation sites (N-methyl/N-ethyl adjacent to an activating group) is 1. The lowest BCUT2D eigenvalue weighted by molar-refractivity contribution is -0.887. The van der Waals surface area contributed by atoms with E-state index in [2.05, 4.69) is 13.8 Å². The number of unbranched alkanes of at least 4 members (excludes halogenated alkanes) is 12. The monoisotopic (exact) mass is 544 g/mol. The molecule has 224 valence electrons. The van der Waals surface area contributed by atoms with Crippen molar-refractivity contribution in [3.05, 3.63) is 0 Å². The van der Waals surface area contributed by atoms with Crippen LogP contribution in [0.5, 0.6) is 0 Å². The van der Waals surface area contributed by atoms with E-state index in [9.17, 15) is 19.5 Å². The summed E-state index contributed by atoms with van der Waals surface area (Å²) in [5.41, 5.74) is 0. The van der Waals surface area contributed by atoms with Gasteiger partial charge in [0.05, 0.1) is 34.4 Å². The summed E-state index contributed by atoms with van der Waals surface area (Å²) in [5.74, 6) is -1.49. The van der Waals surface area contributed by atoms with E-state index in [0.717, 1.165) is 44.9 Å². The van der Waals surface area contributed by atoms with Gasteiger partial charge in [0.25, 0.3) is 0 Å². The Balaban J connectivity index is 4.46. The summed E-state index contributed by atoms with van der Waals surface area (Å²) in [6, 6.07) is -0.603. The molecule has 0 aromatic heterocycles. The van der Waals surface area contributed by atoms with Crippen molar-refractivity contribution < 1.29 is 38.2 Å². The zero-order chi connectivity index (χ0) is 28.7. The van der Waals surface area contributed by atoms with Crippen LogP contribution in [0.1, 0.15) is 123 Å². The maximum Gasteiger partial charge on any atom is 0.362 e. The fourth-order valence-electron chi connectivity index (χ4n) is 4.32. The largest absolute Gasteiger partial charge is 0.477 e. The highest BCUT2D eigenvalue weighted by Gasteiger charge is 2.31. The van der Waals surface area contributed by atoms with Gasteiger partial charge in [-0.3, -0.25) is 9.59 Å². The number of ether oxygens (including phenoxy) is 3. The van der Waals surface area contributed by atoms with Crippen LogP contribution in [-0.2, 0) is 28.6 Å². The molecule has 0 bridgehead atoms. The minimum atomic E-state index is -0.877. The minimum absolute atomic E-state index is 0.0475. The van der Waals surface area contributed by atoms with Crippen molar-refractivity contribution in [2.75, 3.05) is 41.0 Å². The average molecular weight is 545 g/mol. The normalized spacial score (nSPS) is 13.2. The van der Waals surface area contributed by atoms with Crippen LogP contribution in [0.4, 0.5) is 0 Å². The third-order valence-electron chi connectivity index (χ3n) is 6.76. The minimum Gasteiger partial charge on any atom is -0.477 e. The molecule has 8 nitrogen and oxygen atoms in total. The molecule has 0 aliphatic heterocycles. The highest BCUT2D eigenvalue weighted by atomic mass is 16.6. The van der Waals surface area contributed by atoms with E-state index >= 15 is 0 Å². The predicted molar refractivity (Wildman–Crippen MR) is 151 cm³/mol. The van der Waals surface area contributed by atoms with Gasteiger partial charge in [0.1, 0.15) is 6.61 Å². The molecule has 0 radical (unpaired) electrons. The van der Waals surface area contributed by atoms with Crippen molar-refractivity contribution in [2.45, 2.75) is 135 Å². The van der Waals surface area contributed by atoms with Crippen LogP contribution in [0, 0.1) is 0 Å². The summed E-state index contributed by atoms with van der Waals surface area (Å²) < 4.78 is 16.9. The Morgan fingerprint density at radius 3 is 1.66 bits per heavy atom. The third kappa shape index (κ3) is 21.3. The van der Waals surface area contributed by atoms with Gasteiger partial charge in [-0.25, -0.2) is 4.79 Å². The van der Waals surface area contributed by atoms with E-state index in [1.54, 1.807) is 0 Å². The van der Waals surface area contributed by atoms with E-state index in [1.165, 1.54) is 44.9 Å². The van der Waals surface area contributed by atoms with E-state index in [1.807, 2.05) is 21.1 Å². The Hall–Kier alpha value is -1.67. The van der Waals surface area contributed by atoms with Crippen LogP contribution in [0.15, 0.2) is 0 Å². The number of hydrogen-bond acceptors (Lipinski definition) is 6. The number of carbonyl (C=O) groups excluding carboxylic acids is 2. The van der Waals surface area contributed by atoms with E-state index in [-0.39, 0.29) is 36.2 Å². The van der Waals surface area contributed by atoms with Gasteiger partial charge in [0.2, 0.25) is 0 Å². The van der Waals surface area contributed by atoms with Crippen LogP contribution in [0.3, 0.4) is 0 Å². The second-order valence-corrected chi connectivity index (χ2v) is 11.4. The predicted octanol–water partition coefficient (Wildman–Crippen LogP) is 6.29. The van der Waals surface area contributed by atoms with E-state index in [4.69, 9.17) is 14.2 Å². The zero-order valence-electron chi connectivity index (χ0n) is 25.1. The van der Waals surface area contributed by atoms with Gasteiger partial charge in [0.15, 0.2) is 12.1 Å². The lowest BCUT2D eigenvalue weighted by Crippen LogP contribution is -2.50. The first-order valence-corrected chi connectivity index (χ1v) is 15.1. The zero-order valence-corrected chi connectivity index (χ0v) is 25.1. The molecule has 0 amide bonds. The lowest BCUT2D eigenvalue weighted by Gasteiger charge is -2.31. The topological polar surface area (TPSA) is 99.1 Å². The SMILES string of the molecule is CCCCCCCCCCCCC(=O)OC(COCCC(C(=O)O)[N+](C)(C)C)COC(=O)CCCCCC. The second kappa shape index (κ2) is 23.2. The first-order chi connectivity index (χ1) is 18.1. The van der Waals surface area contributed by atoms with Gasteiger partial charge in [-0.2, -0.15) is 0 Å². The van der Waals surface area contributed by atoms with Gasteiger partial charge in [-0.15, -0.1) is 0 Å². The number of esters is 2. The van der Waals surface area contributed by atoms with Crippen molar-refractivity contribution in [3.63, 3.8) is 0 Å². The molecule has 0 aromatic carbocycles. The molecule has 0 aliphatic carbocycles. The first kappa shape index (κ1) is 36.3. The molecule has 0 aliphatic rings. The van der Waals surface area contributed by atoms with Crippen LogP contribution in [-0.4, -0.2) is 80.6 Å². The highest BCUT2D eigenvalue weighted by molar-refractivity contribution is 5.72. The number of aliphatic carboxylic acids is 1. The molecule has 2 atom stereocenters. The summed E-state index contributed by atoms with van der Waals surface area (Å²) in [6.07, 6.45) is 16.2. The molecular weight excluding hydrogens is 486 g/mol. The van der Waals surface area contributed by atoms with Crippen LogP contribution < -0.4 is 0 Å². The number of nitrogens with zero attached hydrogens (tertiary/aromatic N) is 1. The third-order valence-corrected chi connectivity index (χ3v) is 6.76. The first-order valence-electron chi connectivity index (χ1n) is 15.1. The maximum absolute atomic E-state index is 12.4. The summed E-state index contributed by atoms with van der Waals surface area (Å²) in [5, 5.41) is 9.48. The number of quaternary nitrogens is 1. The number of carbonyl (C=O) groups is 3. The molecule has 0 aromatic rings. The van der Waals surface area contributed by atoms with E-state index in [0.29, 0.717) is 19.3 Å². The van der Waals surface area contributed by atoms with Gasteiger partial charge in [0, 0.05) is 19.3 Å². The number of carboxylic acids is 1. The molecule has 0 saturated heterocycles. The standard InChI is InChI=1S/C30H57NO7/c1-6-8-10-12-13-14-15-16-17-19-21-29(33)38-26(25-37-28(32)20-18-11-9-7-2)24-36-23-22-27(30(34)35)31(3,4)5/h26-27H,6-25H2,1-5H3/p+1. The Kier molecular flexibility index (Phi) is 22.2. The molecule has 1 N–H and O–H groups in total. The Bertz CT molecular complexity index is 618. The molecule has 0 saturated carbocycles. The van der Waals surface area contributed by atoms with Crippen molar-refractivity contribution in [3.8, 4) is 0 Å². The van der Waals surface area contributed by atoms with Crippen LogP contribution >= 0.6 is 0 Å². The molecule has 0 fully saturated rings. The lowest BCUT2D eigenvalue weighted by atomic mass is 10.1. The van der Waals surface area contributed by atoms with Gasteiger partial charge in [-0.05, 0) is 12.8 Å². The summed E-state index contributed by atoms with van der Waals surface area (Å²) in [4.78, 5) is 36.1. The quantitative estimate of drug-likeness (QED) is 0.0776. The molecule has 0 spiro atoms. The van der Waals surface area contributed by atoms with Gasteiger partial charge >= 0.3 is 17.9 Å². The summed E-state index contributed by atoms with van der Waals surface area (Å²) >= 11 is 0. The van der Waals surface area contributed by atoms with Crippen molar-refractivity contribution in [1.82, 2.24) is 0 Å². The van der Waals surface area contributed by atoms with Crippen LogP contribution in [0.2, 0.25) is 0 Å². The second-order valence-electron chi connectivity index (χ2n) is 11.4. The number of carboxylic acid groups (broad SMARTS) is 1. The fourth-order valence-corrected chi connectivity index (χ4v) is 4.32. The molecular formula is C30H58NO7+. The number of hydrogen-bond donors (Lipinski definition) is 1. The summed E-state index contributed by atoms with van der Waals surface area (Å²) in [6.45, 7) is 4.58. The molecule has 8 heteroatoms. The van der Waals surface area contributed by atoms with E-state index < -0.39 is 18.1 Å². The molecule has 0 heterocycles. The van der Waals surface area contributed by atoms with Crippen LogP contribution in [0.25, 0.3) is 0 Å². The van der Waals surface area contributed by atoms with Gasteiger partial charge < -0.3 is 23.8 Å². The molecule has 38 heavy (non-hydrogen) atoms. The molecule has 2 unspecified atom stereocenters. The Labute approximate surface area is 232 Å². The highest BCUT2D eigenvalue weighted by Crippen LogP contribution is 2.13. The maximum atomic E-state index is 12.4. The van der Waals surface area contributed by atoms with Crippen molar-refractivity contribution in [1.29, 1.82) is 0 Å². The molecule has 0 rings (SSSR count). The summed E-state index contributed by atoms with van der Waals surface area (Å²) in [7, 11) is 5.49. The smallest absolute Gasteiger partial charge is 0.362 e. The van der Waals surface area contributed by atoms with Gasteiger partial charge in [-0.1, -0.05) is 90.9 Å². The Morgan fingerprint density at radius 2 is 1.16 bits per heavy atom. The number of rotatable bonds is 26.